The van der Waals surface area contributed by atoms with E-state index in [1.54, 1.807) is 7.11 Å². The number of hydrogen-bond acceptors (Lipinski definition) is 6. The van der Waals surface area contributed by atoms with Crippen molar-refractivity contribution in [3.63, 3.8) is 0 Å². The maximum absolute atomic E-state index is 13.0. The number of anilines is 1. The zero-order valence-electron chi connectivity index (χ0n) is 17.4. The lowest BCUT2D eigenvalue weighted by Gasteiger charge is -2.34. The highest BCUT2D eigenvalue weighted by atomic mass is 19.1. The summed E-state index contributed by atoms with van der Waals surface area (Å²) in [5.74, 6) is 0.673. The maximum Gasteiger partial charge on any atom is 0.277 e. The highest BCUT2D eigenvalue weighted by Crippen LogP contribution is 2.20. The van der Waals surface area contributed by atoms with Crippen molar-refractivity contribution < 1.29 is 18.3 Å². The summed E-state index contributed by atoms with van der Waals surface area (Å²) in [5, 5.41) is 2.68. The molecule has 4 rings (SSSR count). The molecule has 0 atom stereocenters. The molecule has 2 aromatic carbocycles. The van der Waals surface area contributed by atoms with Crippen LogP contribution in [-0.4, -0.2) is 54.0 Å². The highest BCUT2D eigenvalue weighted by molar-refractivity contribution is 6.02. The number of rotatable bonds is 7. The van der Waals surface area contributed by atoms with Crippen molar-refractivity contribution >= 4 is 11.6 Å². The van der Waals surface area contributed by atoms with Gasteiger partial charge < -0.3 is 14.5 Å². The monoisotopic (exact) mass is 424 g/mol. The molecule has 0 radical (unpaired) electrons. The number of para-hydroxylation sites is 1. The average Bonchev–Trinajstić information content (AvgIpc) is 3.26. The molecule has 1 aromatic heterocycles. The molecule has 1 saturated heterocycles. The van der Waals surface area contributed by atoms with Crippen LogP contribution >= 0.6 is 0 Å². The number of methoxy groups -OCH3 is 1. The summed E-state index contributed by atoms with van der Waals surface area (Å²) in [4.78, 5) is 21.3. The molecule has 8 heteroatoms. The normalized spacial score (nSPS) is 15.0. The third-order valence-electron chi connectivity index (χ3n) is 5.30. The standard InChI is InChI=1S/C23H25FN4O3/c1-30-21-5-3-2-4-17(21)14-27-10-12-28(13-11-27)15-22-26-20(16-31-22)23(29)25-19-8-6-18(24)7-9-19/h2-9,16H,10-15H2,1H3,(H,25,29). The Labute approximate surface area is 180 Å². The first-order valence-corrected chi connectivity index (χ1v) is 10.2. The van der Waals surface area contributed by atoms with E-state index in [2.05, 4.69) is 26.2 Å². The fourth-order valence-corrected chi connectivity index (χ4v) is 3.59. The molecule has 31 heavy (non-hydrogen) atoms. The van der Waals surface area contributed by atoms with Crippen molar-refractivity contribution in [3.05, 3.63) is 77.8 Å². The van der Waals surface area contributed by atoms with Gasteiger partial charge in [-0.05, 0) is 30.3 Å². The largest absolute Gasteiger partial charge is 0.496 e. The number of ether oxygens (including phenoxy) is 1. The van der Waals surface area contributed by atoms with E-state index in [1.807, 2.05) is 18.2 Å². The first-order valence-electron chi connectivity index (χ1n) is 10.2. The predicted molar refractivity (Wildman–Crippen MR) is 114 cm³/mol. The highest BCUT2D eigenvalue weighted by Gasteiger charge is 2.20. The summed E-state index contributed by atoms with van der Waals surface area (Å²) in [6.07, 6.45) is 1.35. The third-order valence-corrected chi connectivity index (χ3v) is 5.30. The van der Waals surface area contributed by atoms with Gasteiger partial charge in [0.1, 0.15) is 17.8 Å². The first kappa shape index (κ1) is 21.0. The first-order chi connectivity index (χ1) is 15.1. The molecule has 0 unspecified atom stereocenters. The van der Waals surface area contributed by atoms with E-state index in [9.17, 15) is 9.18 Å². The van der Waals surface area contributed by atoms with Crippen LogP contribution < -0.4 is 10.1 Å². The summed E-state index contributed by atoms with van der Waals surface area (Å²) < 4.78 is 23.9. The van der Waals surface area contributed by atoms with Gasteiger partial charge in [0, 0.05) is 44.0 Å². The van der Waals surface area contributed by atoms with E-state index in [4.69, 9.17) is 9.15 Å². The third kappa shape index (κ3) is 5.48. The Hall–Kier alpha value is -3.23. The Kier molecular flexibility index (Phi) is 6.59. The van der Waals surface area contributed by atoms with Crippen molar-refractivity contribution in [2.24, 2.45) is 0 Å². The van der Waals surface area contributed by atoms with Crippen molar-refractivity contribution in [1.29, 1.82) is 0 Å². The van der Waals surface area contributed by atoms with E-state index in [1.165, 1.54) is 36.1 Å². The van der Waals surface area contributed by atoms with E-state index < -0.39 is 0 Å². The number of piperazine rings is 1. The van der Waals surface area contributed by atoms with Gasteiger partial charge in [-0.25, -0.2) is 9.37 Å². The molecule has 1 fully saturated rings. The second-order valence-electron chi connectivity index (χ2n) is 7.45. The fourth-order valence-electron chi connectivity index (χ4n) is 3.59. The van der Waals surface area contributed by atoms with E-state index >= 15 is 0 Å². The van der Waals surface area contributed by atoms with Gasteiger partial charge in [-0.3, -0.25) is 14.6 Å². The summed E-state index contributed by atoms with van der Waals surface area (Å²) in [6, 6.07) is 13.7. The van der Waals surface area contributed by atoms with Crippen LogP contribution in [0.4, 0.5) is 10.1 Å². The molecule has 0 bridgehead atoms. The molecule has 1 N–H and O–H groups in total. The molecular weight excluding hydrogens is 399 g/mol. The molecule has 0 aliphatic carbocycles. The lowest BCUT2D eigenvalue weighted by molar-refractivity contribution is 0.102. The number of halogens is 1. The topological polar surface area (TPSA) is 70.8 Å². The Morgan fingerprint density at radius 1 is 1.06 bits per heavy atom. The number of hydrogen-bond donors (Lipinski definition) is 1. The number of carbonyl (C=O) groups is 1. The smallest absolute Gasteiger partial charge is 0.277 e. The molecule has 1 aliphatic rings. The lowest BCUT2D eigenvalue weighted by atomic mass is 10.1. The Morgan fingerprint density at radius 2 is 1.74 bits per heavy atom. The minimum absolute atomic E-state index is 0.203. The summed E-state index contributed by atoms with van der Waals surface area (Å²) in [7, 11) is 1.70. The van der Waals surface area contributed by atoms with Crippen molar-refractivity contribution in [2.45, 2.75) is 13.1 Å². The quantitative estimate of drug-likeness (QED) is 0.627. The average molecular weight is 424 g/mol. The van der Waals surface area contributed by atoms with Crippen molar-refractivity contribution in [1.82, 2.24) is 14.8 Å². The summed E-state index contributed by atoms with van der Waals surface area (Å²) in [5.41, 5.74) is 1.89. The van der Waals surface area contributed by atoms with Gasteiger partial charge in [0.05, 0.1) is 13.7 Å². The second kappa shape index (κ2) is 9.72. The number of carbonyl (C=O) groups excluding carboxylic acids is 1. The molecule has 0 saturated carbocycles. The van der Waals surface area contributed by atoms with Gasteiger partial charge in [-0.15, -0.1) is 0 Å². The molecule has 2 heterocycles. The predicted octanol–water partition coefficient (Wildman–Crippen LogP) is 3.39. The Bertz CT molecular complexity index is 1010. The van der Waals surface area contributed by atoms with Crippen LogP contribution in [0.25, 0.3) is 0 Å². The molecule has 1 aliphatic heterocycles. The Balaban J connectivity index is 1.27. The number of nitrogens with one attached hydrogen (secondary N) is 1. The van der Waals surface area contributed by atoms with Crippen LogP contribution in [0, 0.1) is 5.82 Å². The zero-order chi connectivity index (χ0) is 21.6. The molecule has 3 aromatic rings. The van der Waals surface area contributed by atoms with Crippen molar-refractivity contribution in [2.75, 3.05) is 38.6 Å². The summed E-state index contributed by atoms with van der Waals surface area (Å²) in [6.45, 7) is 5.02. The minimum atomic E-state index is -0.386. The number of oxazole rings is 1. The van der Waals surface area contributed by atoms with Crippen LogP contribution in [0.15, 0.2) is 59.2 Å². The number of aromatic nitrogens is 1. The maximum atomic E-state index is 13.0. The van der Waals surface area contributed by atoms with Gasteiger partial charge in [-0.1, -0.05) is 18.2 Å². The van der Waals surface area contributed by atoms with Gasteiger partial charge in [-0.2, -0.15) is 0 Å². The summed E-state index contributed by atoms with van der Waals surface area (Å²) >= 11 is 0. The SMILES string of the molecule is COc1ccccc1CN1CCN(Cc2nc(C(=O)Nc3ccc(F)cc3)co2)CC1. The van der Waals surface area contributed by atoms with Gasteiger partial charge in [0.15, 0.2) is 5.69 Å². The van der Waals surface area contributed by atoms with E-state index in [0.717, 1.165) is 38.5 Å². The Morgan fingerprint density at radius 3 is 2.45 bits per heavy atom. The van der Waals surface area contributed by atoms with Crippen LogP contribution in [0.2, 0.25) is 0 Å². The number of amides is 1. The zero-order valence-corrected chi connectivity index (χ0v) is 17.4. The molecule has 0 spiro atoms. The van der Waals surface area contributed by atoms with E-state index in [-0.39, 0.29) is 17.4 Å². The molecular formula is C23H25FN4O3. The number of benzene rings is 2. The van der Waals surface area contributed by atoms with E-state index in [0.29, 0.717) is 18.1 Å². The van der Waals surface area contributed by atoms with Gasteiger partial charge in [0.2, 0.25) is 5.89 Å². The molecule has 162 valence electrons. The van der Waals surface area contributed by atoms with Gasteiger partial charge in [0.25, 0.3) is 5.91 Å². The number of nitrogens with zero attached hydrogens (tertiary/aromatic N) is 3. The minimum Gasteiger partial charge on any atom is -0.496 e. The van der Waals surface area contributed by atoms with Crippen LogP contribution in [0.5, 0.6) is 5.75 Å². The molecule has 7 nitrogen and oxygen atoms in total. The molecule has 1 amide bonds. The lowest BCUT2D eigenvalue weighted by Crippen LogP contribution is -2.45. The van der Waals surface area contributed by atoms with Crippen LogP contribution in [0.1, 0.15) is 21.9 Å². The van der Waals surface area contributed by atoms with Crippen molar-refractivity contribution in [3.8, 4) is 5.75 Å². The van der Waals surface area contributed by atoms with Crippen LogP contribution in [0.3, 0.4) is 0 Å². The second-order valence-corrected chi connectivity index (χ2v) is 7.45. The van der Waals surface area contributed by atoms with Gasteiger partial charge >= 0.3 is 0 Å². The van der Waals surface area contributed by atoms with Crippen LogP contribution in [-0.2, 0) is 13.1 Å². The fraction of sp³-hybridized carbons (Fsp3) is 0.304.